The summed E-state index contributed by atoms with van der Waals surface area (Å²) in [6.07, 6.45) is 0. The standard InChI is InChI=1S/C11H12O4/c1-11(2,15)9(12)7-3-5-8(6-4-7)10(13)14/h3-6,15H,1-2H3,(H,13,14). The number of benzene rings is 1. The van der Waals surface area contributed by atoms with Crippen LogP contribution in [0.3, 0.4) is 0 Å². The van der Waals surface area contributed by atoms with Crippen LogP contribution in [0.5, 0.6) is 0 Å². The van der Waals surface area contributed by atoms with E-state index in [-0.39, 0.29) is 5.56 Å². The zero-order valence-electron chi connectivity index (χ0n) is 8.52. The molecule has 0 aliphatic heterocycles. The van der Waals surface area contributed by atoms with Crippen molar-refractivity contribution in [2.75, 3.05) is 0 Å². The summed E-state index contributed by atoms with van der Waals surface area (Å²) in [5.41, 5.74) is -1.03. The Kier molecular flexibility index (Phi) is 2.90. The Morgan fingerprint density at radius 1 is 1.07 bits per heavy atom. The number of carbonyl (C=O) groups is 2. The highest BCUT2D eigenvalue weighted by Crippen LogP contribution is 2.13. The Morgan fingerprint density at radius 2 is 1.47 bits per heavy atom. The average molecular weight is 208 g/mol. The molecule has 0 spiro atoms. The molecule has 0 radical (unpaired) electrons. The van der Waals surface area contributed by atoms with Crippen LogP contribution in [0.2, 0.25) is 0 Å². The summed E-state index contributed by atoms with van der Waals surface area (Å²) in [4.78, 5) is 22.1. The Morgan fingerprint density at radius 3 is 1.80 bits per heavy atom. The fourth-order valence-electron chi connectivity index (χ4n) is 1.12. The number of carboxylic acids is 1. The summed E-state index contributed by atoms with van der Waals surface area (Å²) < 4.78 is 0. The lowest BCUT2D eigenvalue weighted by atomic mass is 9.96. The molecule has 0 atom stereocenters. The van der Waals surface area contributed by atoms with Gasteiger partial charge in [0, 0.05) is 5.56 Å². The molecular weight excluding hydrogens is 196 g/mol. The topological polar surface area (TPSA) is 74.6 Å². The van der Waals surface area contributed by atoms with Gasteiger partial charge in [-0.05, 0) is 26.0 Å². The van der Waals surface area contributed by atoms with Crippen molar-refractivity contribution in [2.45, 2.75) is 19.4 Å². The van der Waals surface area contributed by atoms with Crippen LogP contribution in [-0.2, 0) is 0 Å². The van der Waals surface area contributed by atoms with E-state index < -0.39 is 17.4 Å². The third-order valence-corrected chi connectivity index (χ3v) is 1.95. The van der Waals surface area contributed by atoms with E-state index in [9.17, 15) is 14.7 Å². The van der Waals surface area contributed by atoms with Crippen LogP contribution in [-0.4, -0.2) is 27.6 Å². The van der Waals surface area contributed by atoms with Gasteiger partial charge in [0.15, 0.2) is 5.78 Å². The first kappa shape index (κ1) is 11.4. The van der Waals surface area contributed by atoms with Crippen molar-refractivity contribution in [2.24, 2.45) is 0 Å². The minimum atomic E-state index is -1.44. The van der Waals surface area contributed by atoms with Gasteiger partial charge in [0.2, 0.25) is 0 Å². The molecule has 1 aromatic rings. The van der Waals surface area contributed by atoms with E-state index in [0.29, 0.717) is 5.56 Å². The summed E-state index contributed by atoms with van der Waals surface area (Å²) >= 11 is 0. The second kappa shape index (κ2) is 3.82. The maximum absolute atomic E-state index is 11.5. The fourth-order valence-corrected chi connectivity index (χ4v) is 1.12. The molecular formula is C11H12O4. The van der Waals surface area contributed by atoms with E-state index in [1.54, 1.807) is 0 Å². The van der Waals surface area contributed by atoms with Gasteiger partial charge in [-0.2, -0.15) is 0 Å². The first-order valence-corrected chi connectivity index (χ1v) is 4.43. The summed E-state index contributed by atoms with van der Waals surface area (Å²) in [6.45, 7) is 2.78. The third-order valence-electron chi connectivity index (χ3n) is 1.95. The van der Waals surface area contributed by atoms with Crippen molar-refractivity contribution >= 4 is 11.8 Å². The van der Waals surface area contributed by atoms with E-state index >= 15 is 0 Å². The number of hydrogen-bond acceptors (Lipinski definition) is 3. The summed E-state index contributed by atoms with van der Waals surface area (Å²) in [5.74, 6) is -1.48. The molecule has 2 N–H and O–H groups in total. The van der Waals surface area contributed by atoms with E-state index in [0.717, 1.165) is 0 Å². The van der Waals surface area contributed by atoms with Crippen molar-refractivity contribution in [3.05, 3.63) is 35.4 Å². The fraction of sp³-hybridized carbons (Fsp3) is 0.273. The number of aromatic carboxylic acids is 1. The minimum absolute atomic E-state index is 0.113. The molecule has 1 aromatic carbocycles. The zero-order chi connectivity index (χ0) is 11.6. The van der Waals surface area contributed by atoms with Crippen LogP contribution in [0.4, 0.5) is 0 Å². The predicted octanol–water partition coefficient (Wildman–Crippen LogP) is 1.34. The van der Waals surface area contributed by atoms with E-state index in [1.165, 1.54) is 38.1 Å². The average Bonchev–Trinajstić information content (AvgIpc) is 2.15. The number of aliphatic hydroxyl groups is 1. The van der Waals surface area contributed by atoms with Gasteiger partial charge in [0.1, 0.15) is 5.60 Å². The lowest BCUT2D eigenvalue weighted by Gasteiger charge is -2.15. The summed E-state index contributed by atoms with van der Waals surface area (Å²) in [5, 5.41) is 18.1. The number of ketones is 1. The molecule has 0 saturated heterocycles. The molecule has 0 aliphatic carbocycles. The van der Waals surface area contributed by atoms with Gasteiger partial charge in [-0.15, -0.1) is 0 Å². The second-order valence-corrected chi connectivity index (χ2v) is 3.77. The second-order valence-electron chi connectivity index (χ2n) is 3.77. The van der Waals surface area contributed by atoms with Crippen LogP contribution in [0.25, 0.3) is 0 Å². The largest absolute Gasteiger partial charge is 0.478 e. The van der Waals surface area contributed by atoms with Gasteiger partial charge in [-0.3, -0.25) is 4.79 Å². The van der Waals surface area contributed by atoms with Gasteiger partial charge in [-0.25, -0.2) is 4.79 Å². The summed E-state index contributed by atoms with van der Waals surface area (Å²) in [6, 6.07) is 5.45. The highest BCUT2D eigenvalue weighted by Gasteiger charge is 2.25. The number of Topliss-reactive ketones (excluding diaryl/α,β-unsaturated/α-hetero) is 1. The van der Waals surface area contributed by atoms with E-state index in [1.807, 2.05) is 0 Å². The smallest absolute Gasteiger partial charge is 0.335 e. The van der Waals surface area contributed by atoms with Crippen LogP contribution >= 0.6 is 0 Å². The highest BCUT2D eigenvalue weighted by molar-refractivity contribution is 6.02. The van der Waals surface area contributed by atoms with Gasteiger partial charge < -0.3 is 10.2 Å². The molecule has 0 unspecified atom stereocenters. The van der Waals surface area contributed by atoms with Crippen LogP contribution < -0.4 is 0 Å². The van der Waals surface area contributed by atoms with Crippen molar-refractivity contribution in [3.8, 4) is 0 Å². The molecule has 4 heteroatoms. The zero-order valence-corrected chi connectivity index (χ0v) is 8.52. The minimum Gasteiger partial charge on any atom is -0.478 e. The summed E-state index contributed by atoms with van der Waals surface area (Å²) in [7, 11) is 0. The van der Waals surface area contributed by atoms with Gasteiger partial charge in [-0.1, -0.05) is 12.1 Å². The first-order valence-electron chi connectivity index (χ1n) is 4.43. The Labute approximate surface area is 87.2 Å². The molecule has 0 bridgehead atoms. The Hall–Kier alpha value is -1.68. The predicted molar refractivity (Wildman–Crippen MR) is 54.0 cm³/mol. The molecule has 0 heterocycles. The lowest BCUT2D eigenvalue weighted by molar-refractivity contribution is 0.0487. The quantitative estimate of drug-likeness (QED) is 0.735. The lowest BCUT2D eigenvalue weighted by Crippen LogP contribution is -2.31. The number of rotatable bonds is 3. The molecule has 0 saturated carbocycles. The van der Waals surface area contributed by atoms with Crippen molar-refractivity contribution in [1.82, 2.24) is 0 Å². The van der Waals surface area contributed by atoms with Crippen molar-refractivity contribution in [1.29, 1.82) is 0 Å². The number of carbonyl (C=O) groups excluding carboxylic acids is 1. The van der Waals surface area contributed by atoms with Crippen molar-refractivity contribution in [3.63, 3.8) is 0 Å². The van der Waals surface area contributed by atoms with Crippen LogP contribution in [0.1, 0.15) is 34.6 Å². The third kappa shape index (κ3) is 2.63. The highest BCUT2D eigenvalue weighted by atomic mass is 16.4. The Balaban J connectivity index is 3.00. The van der Waals surface area contributed by atoms with Crippen LogP contribution in [0.15, 0.2) is 24.3 Å². The molecule has 0 aliphatic rings. The first-order chi connectivity index (χ1) is 6.82. The van der Waals surface area contributed by atoms with E-state index in [4.69, 9.17) is 5.11 Å². The van der Waals surface area contributed by atoms with Gasteiger partial charge >= 0.3 is 5.97 Å². The van der Waals surface area contributed by atoms with Gasteiger partial charge in [0.05, 0.1) is 5.56 Å². The van der Waals surface area contributed by atoms with E-state index in [2.05, 4.69) is 0 Å². The normalized spacial score (nSPS) is 11.1. The molecule has 0 amide bonds. The SMILES string of the molecule is CC(C)(O)C(=O)c1ccc(C(=O)O)cc1. The van der Waals surface area contributed by atoms with Gasteiger partial charge in [0.25, 0.3) is 0 Å². The number of hydrogen-bond donors (Lipinski definition) is 2. The van der Waals surface area contributed by atoms with Crippen LogP contribution in [0, 0.1) is 0 Å². The Bertz CT molecular complexity index is 384. The monoisotopic (exact) mass is 208 g/mol. The molecule has 0 aromatic heterocycles. The molecule has 4 nitrogen and oxygen atoms in total. The molecule has 80 valence electrons. The molecule has 15 heavy (non-hydrogen) atoms. The number of carboxylic acid groups (broad SMARTS) is 1. The van der Waals surface area contributed by atoms with Crippen molar-refractivity contribution < 1.29 is 19.8 Å². The molecule has 1 rings (SSSR count). The maximum atomic E-state index is 11.5. The maximum Gasteiger partial charge on any atom is 0.335 e. The molecule has 0 fully saturated rings.